The van der Waals surface area contributed by atoms with Gasteiger partial charge >= 0.3 is 5.97 Å². The topological polar surface area (TPSA) is 124 Å². The van der Waals surface area contributed by atoms with E-state index in [0.717, 1.165) is 6.07 Å². The molecule has 0 aliphatic rings. The van der Waals surface area contributed by atoms with Crippen molar-refractivity contribution in [2.45, 2.75) is 17.9 Å². The average molecular weight is 490 g/mol. The lowest BCUT2D eigenvalue weighted by Gasteiger charge is -2.14. The van der Waals surface area contributed by atoms with E-state index in [1.807, 2.05) is 0 Å². The van der Waals surface area contributed by atoms with Crippen molar-refractivity contribution in [1.29, 1.82) is 0 Å². The second-order valence-electron chi connectivity index (χ2n) is 6.73. The van der Waals surface area contributed by atoms with Gasteiger partial charge < -0.3 is 14.8 Å². The van der Waals surface area contributed by atoms with E-state index >= 15 is 0 Å². The molecular formula is C22H20ClN3O6S. The van der Waals surface area contributed by atoms with Crippen LogP contribution in [0.25, 0.3) is 0 Å². The number of aromatic nitrogens is 1. The van der Waals surface area contributed by atoms with Crippen LogP contribution in [0.3, 0.4) is 0 Å². The Morgan fingerprint density at radius 2 is 1.82 bits per heavy atom. The highest BCUT2D eigenvalue weighted by molar-refractivity contribution is 7.92. The van der Waals surface area contributed by atoms with E-state index in [-0.39, 0.29) is 22.0 Å². The van der Waals surface area contributed by atoms with Gasteiger partial charge in [0.1, 0.15) is 11.6 Å². The standard InChI is InChI=1S/C22H20ClN3O6S/c1-14(21(27)25-20-11-10-16(23)13-24-20)32-22(28)15-6-5-7-17(12-15)33(29,30)26-18-8-3-4-9-19(18)31-2/h3-14,26H,1-2H3,(H,24,25,27). The number of ether oxygens (including phenoxy) is 2. The summed E-state index contributed by atoms with van der Waals surface area (Å²) in [4.78, 5) is 28.6. The number of nitrogens with zero attached hydrogens (tertiary/aromatic N) is 1. The van der Waals surface area contributed by atoms with E-state index in [4.69, 9.17) is 21.1 Å². The largest absolute Gasteiger partial charge is 0.495 e. The number of hydrogen-bond acceptors (Lipinski definition) is 7. The molecule has 0 radical (unpaired) electrons. The second-order valence-corrected chi connectivity index (χ2v) is 8.85. The summed E-state index contributed by atoms with van der Waals surface area (Å²) in [6.07, 6.45) is 0.195. The summed E-state index contributed by atoms with van der Waals surface area (Å²) < 4.78 is 38.4. The van der Waals surface area contributed by atoms with Crippen LogP contribution in [0.4, 0.5) is 11.5 Å². The van der Waals surface area contributed by atoms with E-state index in [1.165, 1.54) is 44.5 Å². The van der Waals surface area contributed by atoms with Gasteiger partial charge in [-0.15, -0.1) is 0 Å². The first-order valence-electron chi connectivity index (χ1n) is 9.59. The first-order valence-corrected chi connectivity index (χ1v) is 11.4. The van der Waals surface area contributed by atoms with Crippen molar-refractivity contribution in [3.63, 3.8) is 0 Å². The fraction of sp³-hybridized carbons (Fsp3) is 0.136. The minimum Gasteiger partial charge on any atom is -0.495 e. The molecule has 0 saturated heterocycles. The molecule has 1 aromatic heterocycles. The quantitative estimate of drug-likeness (QED) is 0.462. The Morgan fingerprint density at radius 1 is 1.06 bits per heavy atom. The van der Waals surface area contributed by atoms with Crippen molar-refractivity contribution >= 4 is 45.0 Å². The predicted octanol–water partition coefficient (Wildman–Crippen LogP) is 3.73. The number of esters is 1. The van der Waals surface area contributed by atoms with Crippen LogP contribution in [0.5, 0.6) is 5.75 Å². The summed E-state index contributed by atoms with van der Waals surface area (Å²) in [6, 6.07) is 14.8. The maximum Gasteiger partial charge on any atom is 0.338 e. The normalized spacial score (nSPS) is 11.8. The van der Waals surface area contributed by atoms with E-state index in [9.17, 15) is 18.0 Å². The molecular weight excluding hydrogens is 470 g/mol. The Balaban J connectivity index is 1.70. The maximum absolute atomic E-state index is 12.8. The first kappa shape index (κ1) is 24.0. The lowest BCUT2D eigenvalue weighted by atomic mass is 10.2. The minimum absolute atomic E-state index is 0.0397. The number of halogens is 1. The Morgan fingerprint density at radius 3 is 2.52 bits per heavy atom. The summed E-state index contributed by atoms with van der Waals surface area (Å²) in [5.41, 5.74) is 0.205. The van der Waals surface area contributed by atoms with Crippen molar-refractivity contribution in [3.05, 3.63) is 77.4 Å². The molecule has 11 heteroatoms. The molecule has 1 atom stereocenters. The Labute approximate surface area is 195 Å². The lowest BCUT2D eigenvalue weighted by Crippen LogP contribution is -2.30. The molecule has 33 heavy (non-hydrogen) atoms. The van der Waals surface area contributed by atoms with Crippen LogP contribution in [0.15, 0.2) is 71.8 Å². The van der Waals surface area contributed by atoms with Crippen LogP contribution in [-0.4, -0.2) is 38.5 Å². The average Bonchev–Trinajstić information content (AvgIpc) is 2.80. The molecule has 0 fully saturated rings. The van der Waals surface area contributed by atoms with Crippen LogP contribution in [0.2, 0.25) is 5.02 Å². The number of amides is 1. The zero-order valence-corrected chi connectivity index (χ0v) is 19.2. The molecule has 2 N–H and O–H groups in total. The molecule has 0 spiro atoms. The fourth-order valence-corrected chi connectivity index (χ4v) is 3.91. The SMILES string of the molecule is COc1ccccc1NS(=O)(=O)c1cccc(C(=O)OC(C)C(=O)Nc2ccc(Cl)cn2)c1. The highest BCUT2D eigenvalue weighted by Crippen LogP contribution is 2.26. The first-order chi connectivity index (χ1) is 15.7. The van der Waals surface area contributed by atoms with Gasteiger partial charge in [0.2, 0.25) is 0 Å². The van der Waals surface area contributed by atoms with Crippen LogP contribution in [0.1, 0.15) is 17.3 Å². The second kappa shape index (κ2) is 10.3. The summed E-state index contributed by atoms with van der Waals surface area (Å²) in [5, 5.41) is 2.90. The number of sulfonamides is 1. The Kier molecular flexibility index (Phi) is 7.52. The van der Waals surface area contributed by atoms with Gasteiger partial charge in [0, 0.05) is 6.20 Å². The number of pyridine rings is 1. The van der Waals surface area contributed by atoms with Crippen LogP contribution in [-0.2, 0) is 19.6 Å². The van der Waals surface area contributed by atoms with E-state index in [2.05, 4.69) is 15.0 Å². The van der Waals surface area contributed by atoms with Gasteiger partial charge in [-0.05, 0) is 49.4 Å². The molecule has 1 amide bonds. The number of carbonyl (C=O) groups excluding carboxylic acids is 2. The van der Waals surface area contributed by atoms with Gasteiger partial charge in [-0.25, -0.2) is 18.2 Å². The molecule has 0 aliphatic heterocycles. The summed E-state index contributed by atoms with van der Waals surface area (Å²) >= 11 is 5.75. The van der Waals surface area contributed by atoms with Crippen LogP contribution >= 0.6 is 11.6 Å². The van der Waals surface area contributed by atoms with Gasteiger partial charge in [0.25, 0.3) is 15.9 Å². The molecule has 3 rings (SSSR count). The lowest BCUT2D eigenvalue weighted by molar-refractivity contribution is -0.123. The van der Waals surface area contributed by atoms with Crippen molar-refractivity contribution in [2.24, 2.45) is 0 Å². The van der Waals surface area contributed by atoms with Gasteiger partial charge in [-0.2, -0.15) is 0 Å². The number of anilines is 2. The highest BCUT2D eigenvalue weighted by Gasteiger charge is 2.22. The Hall–Kier alpha value is -3.63. The third-order valence-electron chi connectivity index (χ3n) is 4.36. The van der Waals surface area contributed by atoms with Gasteiger partial charge in [-0.1, -0.05) is 29.8 Å². The minimum atomic E-state index is -4.03. The van der Waals surface area contributed by atoms with Gasteiger partial charge in [0.05, 0.1) is 28.3 Å². The smallest absolute Gasteiger partial charge is 0.338 e. The van der Waals surface area contributed by atoms with Crippen molar-refractivity contribution in [3.8, 4) is 5.75 Å². The number of carbonyl (C=O) groups is 2. The monoisotopic (exact) mass is 489 g/mol. The molecule has 9 nitrogen and oxygen atoms in total. The number of hydrogen-bond donors (Lipinski definition) is 2. The van der Waals surface area contributed by atoms with E-state index < -0.39 is 28.0 Å². The Bertz CT molecular complexity index is 1270. The number of para-hydroxylation sites is 2. The molecule has 0 saturated carbocycles. The third kappa shape index (κ3) is 6.21. The molecule has 3 aromatic rings. The van der Waals surface area contributed by atoms with Crippen molar-refractivity contribution in [1.82, 2.24) is 4.98 Å². The van der Waals surface area contributed by atoms with Crippen molar-refractivity contribution in [2.75, 3.05) is 17.1 Å². The molecule has 1 unspecified atom stereocenters. The van der Waals surface area contributed by atoms with Gasteiger partial charge in [-0.3, -0.25) is 9.52 Å². The number of nitrogens with one attached hydrogen (secondary N) is 2. The molecule has 1 heterocycles. The van der Waals surface area contributed by atoms with E-state index in [1.54, 1.807) is 30.3 Å². The molecule has 2 aromatic carbocycles. The molecule has 172 valence electrons. The zero-order chi connectivity index (χ0) is 24.0. The molecule has 0 aliphatic carbocycles. The summed E-state index contributed by atoms with van der Waals surface area (Å²) in [6.45, 7) is 1.38. The summed E-state index contributed by atoms with van der Waals surface area (Å²) in [5.74, 6) is -0.898. The summed E-state index contributed by atoms with van der Waals surface area (Å²) in [7, 11) is -2.61. The van der Waals surface area contributed by atoms with Crippen molar-refractivity contribution < 1.29 is 27.5 Å². The number of benzene rings is 2. The number of methoxy groups -OCH3 is 1. The predicted molar refractivity (Wildman–Crippen MR) is 123 cm³/mol. The third-order valence-corrected chi connectivity index (χ3v) is 5.95. The zero-order valence-electron chi connectivity index (χ0n) is 17.6. The van der Waals surface area contributed by atoms with Crippen LogP contribution in [0, 0.1) is 0 Å². The van der Waals surface area contributed by atoms with E-state index in [0.29, 0.717) is 10.8 Å². The molecule has 0 bridgehead atoms. The number of rotatable bonds is 8. The maximum atomic E-state index is 12.8. The van der Waals surface area contributed by atoms with Crippen LogP contribution < -0.4 is 14.8 Å². The van der Waals surface area contributed by atoms with Gasteiger partial charge in [0.15, 0.2) is 6.10 Å². The highest BCUT2D eigenvalue weighted by atomic mass is 35.5. The fourth-order valence-electron chi connectivity index (χ4n) is 2.68.